The van der Waals surface area contributed by atoms with Crippen LogP contribution in [0, 0.1) is 0 Å². The van der Waals surface area contributed by atoms with Gasteiger partial charge in [0.15, 0.2) is 6.23 Å². The molecule has 1 saturated heterocycles. The van der Waals surface area contributed by atoms with Gasteiger partial charge in [-0.05, 0) is 6.92 Å². The van der Waals surface area contributed by atoms with Crippen LogP contribution in [0.1, 0.15) is 24.9 Å². The first-order valence-corrected chi connectivity index (χ1v) is 8.37. The summed E-state index contributed by atoms with van der Waals surface area (Å²) in [5, 5.41) is 23.1. The fourth-order valence-corrected chi connectivity index (χ4v) is 2.91. The highest BCUT2D eigenvalue weighted by atomic mass is 31.2. The van der Waals surface area contributed by atoms with Gasteiger partial charge in [-0.2, -0.15) is 0 Å². The molecule has 11 nitrogen and oxygen atoms in total. The van der Waals surface area contributed by atoms with Crippen LogP contribution >= 0.6 is 7.82 Å². The Bertz CT molecular complexity index is 659. The highest BCUT2D eigenvalue weighted by molar-refractivity contribution is 7.46. The molecule has 0 amide bonds. The molecule has 3 rings (SSSR count). The molecule has 0 aromatic carbocycles. The van der Waals surface area contributed by atoms with Gasteiger partial charge in [-0.1, -0.05) is 0 Å². The van der Waals surface area contributed by atoms with Crippen LogP contribution in [-0.4, -0.2) is 60.8 Å². The van der Waals surface area contributed by atoms with Crippen molar-refractivity contribution in [3.05, 3.63) is 12.0 Å². The second-order valence-electron chi connectivity index (χ2n) is 5.32. The largest absolute Gasteiger partial charge is 0.469 e. The molecule has 12 heteroatoms. The molecule has 1 aromatic rings. The number of hydrogen-bond donors (Lipinski definition) is 5. The lowest BCUT2D eigenvalue weighted by atomic mass is 10.1. The first-order valence-electron chi connectivity index (χ1n) is 6.84. The molecule has 0 aliphatic carbocycles. The number of aliphatic imine (C=N–C) groups is 1. The number of aromatic nitrogens is 2. The molecule has 5 atom stereocenters. The third-order valence-corrected chi connectivity index (χ3v) is 4.22. The number of aliphatic hydroxyl groups excluding tert-OH is 2. The van der Waals surface area contributed by atoms with Crippen molar-refractivity contribution in [1.82, 2.24) is 9.55 Å². The molecule has 0 saturated carbocycles. The van der Waals surface area contributed by atoms with Gasteiger partial charge in [0.25, 0.3) is 0 Å². The van der Waals surface area contributed by atoms with E-state index in [1.807, 2.05) is 6.92 Å². The van der Waals surface area contributed by atoms with Gasteiger partial charge in [0.05, 0.1) is 25.3 Å². The Labute approximate surface area is 130 Å². The van der Waals surface area contributed by atoms with Crippen molar-refractivity contribution in [3.63, 3.8) is 0 Å². The molecule has 0 spiro atoms. The molecule has 23 heavy (non-hydrogen) atoms. The van der Waals surface area contributed by atoms with Gasteiger partial charge < -0.3 is 30.1 Å². The molecule has 5 unspecified atom stereocenters. The van der Waals surface area contributed by atoms with Crippen molar-refractivity contribution in [2.75, 3.05) is 11.9 Å². The van der Waals surface area contributed by atoms with Gasteiger partial charge in [0.1, 0.15) is 29.8 Å². The summed E-state index contributed by atoms with van der Waals surface area (Å²) in [6.07, 6.45) is -1.80. The van der Waals surface area contributed by atoms with Crippen LogP contribution in [0.4, 0.5) is 5.82 Å². The summed E-state index contributed by atoms with van der Waals surface area (Å²) in [6.45, 7) is 1.30. The van der Waals surface area contributed by atoms with E-state index in [2.05, 4.69) is 19.8 Å². The maximum atomic E-state index is 10.7. The molecule has 5 N–H and O–H groups in total. The minimum Gasteiger partial charge on any atom is -0.387 e. The van der Waals surface area contributed by atoms with Crippen molar-refractivity contribution in [3.8, 4) is 0 Å². The normalized spacial score (nSPS) is 33.5. The topological polar surface area (TPSA) is 159 Å². The number of aliphatic hydroxyl groups is 2. The Morgan fingerprint density at radius 1 is 1.43 bits per heavy atom. The zero-order chi connectivity index (χ0) is 16.8. The maximum Gasteiger partial charge on any atom is 0.469 e. The predicted molar refractivity (Wildman–Crippen MR) is 76.7 cm³/mol. The Morgan fingerprint density at radius 2 is 2.17 bits per heavy atom. The fourth-order valence-electron chi connectivity index (χ4n) is 2.57. The van der Waals surface area contributed by atoms with Gasteiger partial charge in [-0.3, -0.25) is 14.1 Å². The second kappa shape index (κ2) is 5.95. The van der Waals surface area contributed by atoms with Gasteiger partial charge in [-0.15, -0.1) is 0 Å². The van der Waals surface area contributed by atoms with Crippen LogP contribution in [0.3, 0.4) is 0 Å². The van der Waals surface area contributed by atoms with E-state index < -0.39 is 39.0 Å². The summed E-state index contributed by atoms with van der Waals surface area (Å²) in [6, 6.07) is -0.162. The van der Waals surface area contributed by atoms with Gasteiger partial charge >= 0.3 is 7.82 Å². The predicted octanol–water partition coefficient (Wildman–Crippen LogP) is -0.874. The first-order chi connectivity index (χ1) is 10.8. The smallest absolute Gasteiger partial charge is 0.387 e. The molecule has 2 aliphatic heterocycles. The van der Waals surface area contributed by atoms with Gasteiger partial charge in [0.2, 0.25) is 0 Å². The zero-order valence-electron chi connectivity index (χ0n) is 12.1. The van der Waals surface area contributed by atoms with Crippen molar-refractivity contribution in [2.24, 2.45) is 4.99 Å². The minimum absolute atomic E-state index is 0.162. The van der Waals surface area contributed by atoms with E-state index in [-0.39, 0.29) is 6.04 Å². The van der Waals surface area contributed by atoms with E-state index in [0.29, 0.717) is 11.5 Å². The lowest BCUT2D eigenvalue weighted by Crippen LogP contribution is -2.33. The van der Waals surface area contributed by atoms with Crippen molar-refractivity contribution < 1.29 is 33.8 Å². The average molecular weight is 348 g/mol. The molecule has 0 radical (unpaired) electrons. The molecule has 1 aromatic heterocycles. The first kappa shape index (κ1) is 16.5. The molecule has 0 bridgehead atoms. The fraction of sp³-hybridized carbons (Fsp3) is 0.636. The Hall–Kier alpha value is -1.33. The average Bonchev–Trinajstić information content (AvgIpc) is 3.01. The highest BCUT2D eigenvalue weighted by Crippen LogP contribution is 2.39. The Balaban J connectivity index is 1.78. The van der Waals surface area contributed by atoms with E-state index >= 15 is 0 Å². The Kier molecular flexibility index (Phi) is 4.27. The number of ether oxygens (including phenoxy) is 1. The summed E-state index contributed by atoms with van der Waals surface area (Å²) in [5.74, 6) is 0.570. The van der Waals surface area contributed by atoms with Crippen LogP contribution in [0.5, 0.6) is 0 Å². The van der Waals surface area contributed by atoms with Crippen molar-refractivity contribution in [1.29, 1.82) is 0 Å². The zero-order valence-corrected chi connectivity index (χ0v) is 12.9. The van der Waals surface area contributed by atoms with E-state index in [4.69, 9.17) is 14.5 Å². The minimum atomic E-state index is -4.69. The van der Waals surface area contributed by atoms with Crippen LogP contribution in [0.2, 0.25) is 0 Å². The molecular formula is C11H17N4O7P. The van der Waals surface area contributed by atoms with Crippen molar-refractivity contribution in [2.45, 2.75) is 37.5 Å². The summed E-state index contributed by atoms with van der Waals surface area (Å²) in [4.78, 5) is 25.8. The quantitative estimate of drug-likeness (QED) is 0.436. The molecule has 128 valence electrons. The standard InChI is InChI=1S/C11H17N4O7P/c1-5-7-10(13-3-12-5)15(4-14-7)11-9(17)8(16)6(22-11)2-21-23(18,19)20/h3-6,8-9,11,16-17H,2H2,1H3,(H,12,13)(H2,18,19,20). The second-order valence-corrected chi connectivity index (χ2v) is 6.56. The maximum absolute atomic E-state index is 10.7. The molecule has 2 aliphatic rings. The molecule has 3 heterocycles. The van der Waals surface area contributed by atoms with E-state index in [1.165, 1.54) is 17.2 Å². The van der Waals surface area contributed by atoms with Crippen LogP contribution < -0.4 is 5.32 Å². The van der Waals surface area contributed by atoms with Crippen molar-refractivity contribution >= 4 is 20.0 Å². The van der Waals surface area contributed by atoms with Crippen LogP contribution in [-0.2, 0) is 13.8 Å². The lowest BCUT2D eigenvalue weighted by molar-refractivity contribution is -0.0511. The monoisotopic (exact) mass is 348 g/mol. The molecule has 1 fully saturated rings. The SMILES string of the molecule is CC1N=CNc2c1ncn2C1OC(COP(=O)(O)O)C(O)C1O. The summed E-state index contributed by atoms with van der Waals surface area (Å²) < 4.78 is 22.1. The number of fused-ring (bicyclic) bond motifs is 1. The highest BCUT2D eigenvalue weighted by Gasteiger charge is 2.45. The van der Waals surface area contributed by atoms with E-state index in [1.54, 1.807) is 0 Å². The van der Waals surface area contributed by atoms with Crippen LogP contribution in [0.25, 0.3) is 0 Å². The number of imidazole rings is 1. The van der Waals surface area contributed by atoms with Crippen LogP contribution in [0.15, 0.2) is 11.3 Å². The summed E-state index contributed by atoms with van der Waals surface area (Å²) in [7, 11) is -4.69. The van der Waals surface area contributed by atoms with E-state index in [0.717, 1.165) is 0 Å². The number of phosphoric acid groups is 1. The number of phosphoric ester groups is 1. The van der Waals surface area contributed by atoms with E-state index in [9.17, 15) is 14.8 Å². The number of nitrogens with one attached hydrogen (secondary N) is 1. The third-order valence-electron chi connectivity index (χ3n) is 3.74. The Morgan fingerprint density at radius 3 is 2.87 bits per heavy atom. The number of hydrogen-bond acceptors (Lipinski definition) is 8. The summed E-state index contributed by atoms with van der Waals surface area (Å²) in [5.41, 5.74) is 0.660. The van der Waals surface area contributed by atoms with Gasteiger partial charge in [-0.25, -0.2) is 9.55 Å². The molecular weight excluding hydrogens is 331 g/mol. The number of rotatable bonds is 4. The number of anilines is 1. The number of nitrogens with zero attached hydrogens (tertiary/aromatic N) is 3. The third kappa shape index (κ3) is 3.17. The lowest BCUT2D eigenvalue weighted by Gasteiger charge is -2.21. The summed E-state index contributed by atoms with van der Waals surface area (Å²) >= 11 is 0. The van der Waals surface area contributed by atoms with Gasteiger partial charge in [0, 0.05) is 0 Å².